The van der Waals surface area contributed by atoms with Gasteiger partial charge in [0.15, 0.2) is 0 Å². The zero-order chi connectivity index (χ0) is 12.3. The number of benzene rings is 1. The summed E-state index contributed by atoms with van der Waals surface area (Å²) in [5, 5.41) is 6.29. The molecule has 0 unspecified atom stereocenters. The molecule has 3 nitrogen and oxygen atoms in total. The lowest BCUT2D eigenvalue weighted by molar-refractivity contribution is -0.120. The van der Waals surface area contributed by atoms with Crippen LogP contribution in [0.15, 0.2) is 22.7 Å². The van der Waals surface area contributed by atoms with Gasteiger partial charge in [-0.15, -0.1) is 0 Å². The van der Waals surface area contributed by atoms with Crippen LogP contribution >= 0.6 is 15.9 Å². The van der Waals surface area contributed by atoms with Gasteiger partial charge in [-0.3, -0.25) is 4.79 Å². The molecule has 0 radical (unpaired) electrons. The molecule has 1 saturated heterocycles. The van der Waals surface area contributed by atoms with E-state index in [1.165, 1.54) is 0 Å². The minimum Gasteiger partial charge on any atom is -0.326 e. The first-order chi connectivity index (χ1) is 8.16. The molecule has 0 spiro atoms. The maximum atomic E-state index is 12.1. The zero-order valence-corrected chi connectivity index (χ0v) is 11.5. The molecule has 0 bridgehead atoms. The van der Waals surface area contributed by atoms with E-state index in [0.717, 1.165) is 41.7 Å². The molecule has 1 aliphatic heterocycles. The lowest BCUT2D eigenvalue weighted by atomic mass is 9.97. The van der Waals surface area contributed by atoms with E-state index in [-0.39, 0.29) is 11.8 Å². The number of rotatable bonds is 2. The van der Waals surface area contributed by atoms with Gasteiger partial charge in [0.2, 0.25) is 5.91 Å². The van der Waals surface area contributed by atoms with Gasteiger partial charge < -0.3 is 10.6 Å². The Kier molecular flexibility index (Phi) is 4.18. The van der Waals surface area contributed by atoms with Crippen molar-refractivity contribution in [3.05, 3.63) is 28.2 Å². The average Bonchev–Trinajstić information content (AvgIpc) is 2.35. The second-order valence-corrected chi connectivity index (χ2v) is 5.39. The number of carbonyl (C=O) groups is 1. The van der Waals surface area contributed by atoms with Crippen LogP contribution in [0.5, 0.6) is 0 Å². The highest BCUT2D eigenvalue weighted by Gasteiger charge is 2.21. The van der Waals surface area contributed by atoms with Crippen LogP contribution in [0.1, 0.15) is 18.4 Å². The van der Waals surface area contributed by atoms with Crippen molar-refractivity contribution in [3.63, 3.8) is 0 Å². The monoisotopic (exact) mass is 296 g/mol. The normalized spacial score (nSPS) is 16.8. The first kappa shape index (κ1) is 12.6. The van der Waals surface area contributed by atoms with E-state index in [1.54, 1.807) is 0 Å². The maximum Gasteiger partial charge on any atom is 0.227 e. The van der Waals surface area contributed by atoms with E-state index in [1.807, 2.05) is 25.1 Å². The van der Waals surface area contributed by atoms with Gasteiger partial charge >= 0.3 is 0 Å². The molecular formula is C13H17BrN2O. The standard InChI is InChI=1S/C13H17BrN2O/c1-9-2-3-11(14)8-12(9)16-13(17)10-4-6-15-7-5-10/h2-3,8,10,15H,4-7H2,1H3,(H,16,17). The Morgan fingerprint density at radius 3 is 2.82 bits per heavy atom. The summed E-state index contributed by atoms with van der Waals surface area (Å²) in [5.41, 5.74) is 2.00. The summed E-state index contributed by atoms with van der Waals surface area (Å²) >= 11 is 3.42. The van der Waals surface area contributed by atoms with Crippen molar-refractivity contribution in [2.24, 2.45) is 5.92 Å². The van der Waals surface area contributed by atoms with Crippen LogP contribution in [0.4, 0.5) is 5.69 Å². The number of nitrogens with one attached hydrogen (secondary N) is 2. The van der Waals surface area contributed by atoms with Crippen LogP contribution < -0.4 is 10.6 Å². The van der Waals surface area contributed by atoms with E-state index in [2.05, 4.69) is 26.6 Å². The van der Waals surface area contributed by atoms with Crippen molar-refractivity contribution in [1.29, 1.82) is 0 Å². The van der Waals surface area contributed by atoms with Crippen LogP contribution in [0.3, 0.4) is 0 Å². The lowest BCUT2D eigenvalue weighted by Crippen LogP contribution is -2.34. The number of amides is 1. The fraction of sp³-hybridized carbons (Fsp3) is 0.462. The van der Waals surface area contributed by atoms with Gasteiger partial charge in [0.05, 0.1) is 0 Å². The second-order valence-electron chi connectivity index (χ2n) is 4.47. The van der Waals surface area contributed by atoms with Gasteiger partial charge in [-0.05, 0) is 50.6 Å². The molecule has 2 rings (SSSR count). The third kappa shape index (κ3) is 3.30. The predicted octanol–water partition coefficient (Wildman–Crippen LogP) is 2.70. The maximum absolute atomic E-state index is 12.1. The molecule has 1 amide bonds. The second kappa shape index (κ2) is 5.65. The summed E-state index contributed by atoms with van der Waals surface area (Å²) < 4.78 is 0.990. The largest absolute Gasteiger partial charge is 0.326 e. The van der Waals surface area contributed by atoms with E-state index in [9.17, 15) is 4.79 Å². The molecule has 1 fully saturated rings. The molecule has 1 heterocycles. The molecule has 2 N–H and O–H groups in total. The minimum absolute atomic E-state index is 0.146. The molecule has 1 aliphatic rings. The van der Waals surface area contributed by atoms with Crippen molar-refractivity contribution in [1.82, 2.24) is 5.32 Å². The first-order valence-electron chi connectivity index (χ1n) is 5.94. The Labute approximate surface area is 110 Å². The molecule has 1 aromatic carbocycles. The van der Waals surface area contributed by atoms with Crippen molar-refractivity contribution in [2.45, 2.75) is 19.8 Å². The highest BCUT2D eigenvalue weighted by atomic mass is 79.9. The topological polar surface area (TPSA) is 41.1 Å². The van der Waals surface area contributed by atoms with Crippen LogP contribution in [-0.4, -0.2) is 19.0 Å². The smallest absolute Gasteiger partial charge is 0.227 e. The number of hydrogen-bond acceptors (Lipinski definition) is 2. The fourth-order valence-corrected chi connectivity index (χ4v) is 2.41. The third-order valence-corrected chi connectivity index (χ3v) is 3.66. The third-order valence-electron chi connectivity index (χ3n) is 3.17. The number of hydrogen-bond donors (Lipinski definition) is 2. The van der Waals surface area contributed by atoms with Gasteiger partial charge in [-0.2, -0.15) is 0 Å². The first-order valence-corrected chi connectivity index (χ1v) is 6.74. The van der Waals surface area contributed by atoms with Crippen LogP contribution in [0.2, 0.25) is 0 Å². The van der Waals surface area contributed by atoms with Gasteiger partial charge in [0.1, 0.15) is 0 Å². The minimum atomic E-state index is 0.146. The summed E-state index contributed by atoms with van der Waals surface area (Å²) in [5.74, 6) is 0.294. The summed E-state index contributed by atoms with van der Waals surface area (Å²) in [6.45, 7) is 3.88. The number of carbonyl (C=O) groups excluding carboxylic acids is 1. The van der Waals surface area contributed by atoms with Crippen LogP contribution in [-0.2, 0) is 4.79 Å². The molecule has 0 atom stereocenters. The summed E-state index contributed by atoms with van der Waals surface area (Å²) in [6, 6.07) is 5.94. The van der Waals surface area contributed by atoms with Crippen molar-refractivity contribution < 1.29 is 4.79 Å². The Hall–Kier alpha value is -0.870. The van der Waals surface area contributed by atoms with Gasteiger partial charge in [0, 0.05) is 16.1 Å². The van der Waals surface area contributed by atoms with Crippen LogP contribution in [0.25, 0.3) is 0 Å². The van der Waals surface area contributed by atoms with E-state index in [0.29, 0.717) is 0 Å². The Bertz CT molecular complexity index is 414. The van der Waals surface area contributed by atoms with Crippen molar-refractivity contribution >= 4 is 27.5 Å². The predicted molar refractivity (Wildman–Crippen MR) is 73.1 cm³/mol. The summed E-state index contributed by atoms with van der Waals surface area (Å²) in [6.07, 6.45) is 1.86. The molecule has 0 saturated carbocycles. The lowest BCUT2D eigenvalue weighted by Gasteiger charge is -2.22. The zero-order valence-electron chi connectivity index (χ0n) is 9.92. The highest BCUT2D eigenvalue weighted by molar-refractivity contribution is 9.10. The van der Waals surface area contributed by atoms with Gasteiger partial charge in [-0.1, -0.05) is 22.0 Å². The Balaban J connectivity index is 2.04. The number of piperidine rings is 1. The quantitative estimate of drug-likeness (QED) is 0.881. The molecule has 1 aromatic rings. The number of anilines is 1. The average molecular weight is 297 g/mol. The van der Waals surface area contributed by atoms with Crippen molar-refractivity contribution in [3.8, 4) is 0 Å². The van der Waals surface area contributed by atoms with Gasteiger partial charge in [-0.25, -0.2) is 0 Å². The van der Waals surface area contributed by atoms with Crippen LogP contribution in [0, 0.1) is 12.8 Å². The Morgan fingerprint density at radius 2 is 2.12 bits per heavy atom. The number of halogens is 1. The molecular weight excluding hydrogens is 280 g/mol. The molecule has 4 heteroatoms. The molecule has 0 aromatic heterocycles. The van der Waals surface area contributed by atoms with E-state index < -0.39 is 0 Å². The Morgan fingerprint density at radius 1 is 1.41 bits per heavy atom. The van der Waals surface area contributed by atoms with E-state index >= 15 is 0 Å². The molecule has 17 heavy (non-hydrogen) atoms. The fourth-order valence-electron chi connectivity index (χ4n) is 2.05. The summed E-state index contributed by atoms with van der Waals surface area (Å²) in [7, 11) is 0. The molecule has 92 valence electrons. The highest BCUT2D eigenvalue weighted by Crippen LogP contribution is 2.22. The summed E-state index contributed by atoms with van der Waals surface area (Å²) in [4.78, 5) is 12.1. The van der Waals surface area contributed by atoms with Crippen molar-refractivity contribution in [2.75, 3.05) is 18.4 Å². The molecule has 0 aliphatic carbocycles. The SMILES string of the molecule is Cc1ccc(Br)cc1NC(=O)C1CCNCC1. The van der Waals surface area contributed by atoms with Gasteiger partial charge in [0.25, 0.3) is 0 Å². The number of aryl methyl sites for hydroxylation is 1. The van der Waals surface area contributed by atoms with E-state index in [4.69, 9.17) is 0 Å².